The summed E-state index contributed by atoms with van der Waals surface area (Å²) in [4.78, 5) is 12.4. The molecule has 3 rings (SSSR count). The highest BCUT2D eigenvalue weighted by Crippen LogP contribution is 2.58. The van der Waals surface area contributed by atoms with Gasteiger partial charge in [-0.25, -0.2) is 0 Å². The third-order valence-electron chi connectivity index (χ3n) is 5.19. The van der Waals surface area contributed by atoms with Crippen molar-refractivity contribution in [1.29, 1.82) is 0 Å². The lowest BCUT2D eigenvalue weighted by Crippen LogP contribution is -2.38. The molecular formula is C16H26ClN3O2. The van der Waals surface area contributed by atoms with E-state index in [1.807, 2.05) is 13.8 Å². The van der Waals surface area contributed by atoms with Gasteiger partial charge in [-0.3, -0.25) is 4.79 Å². The van der Waals surface area contributed by atoms with Crippen molar-refractivity contribution in [2.75, 3.05) is 13.1 Å². The van der Waals surface area contributed by atoms with Gasteiger partial charge in [0.25, 0.3) is 0 Å². The zero-order chi connectivity index (χ0) is 15.0. The summed E-state index contributed by atoms with van der Waals surface area (Å²) in [5, 5.41) is 10.5. The number of nitrogens with one attached hydrogen (secondary N) is 2. The molecule has 1 spiro atoms. The first-order chi connectivity index (χ1) is 10.0. The van der Waals surface area contributed by atoms with Crippen LogP contribution in [0.5, 0.6) is 0 Å². The Morgan fingerprint density at radius 2 is 2.14 bits per heavy atom. The smallest absolute Gasteiger partial charge is 0.223 e. The molecule has 2 unspecified atom stereocenters. The van der Waals surface area contributed by atoms with E-state index >= 15 is 0 Å². The van der Waals surface area contributed by atoms with Crippen LogP contribution in [0, 0.1) is 25.2 Å². The molecule has 0 bridgehead atoms. The monoisotopic (exact) mass is 327 g/mol. The first-order valence-electron chi connectivity index (χ1n) is 7.95. The number of rotatable bonds is 4. The van der Waals surface area contributed by atoms with Gasteiger partial charge in [0.1, 0.15) is 5.76 Å². The number of halogens is 1. The van der Waals surface area contributed by atoms with Crippen molar-refractivity contribution in [2.24, 2.45) is 11.3 Å². The number of piperidine rings is 1. The van der Waals surface area contributed by atoms with E-state index in [4.69, 9.17) is 4.52 Å². The molecule has 2 heterocycles. The Morgan fingerprint density at radius 3 is 2.73 bits per heavy atom. The van der Waals surface area contributed by atoms with Crippen LogP contribution in [0.2, 0.25) is 0 Å². The van der Waals surface area contributed by atoms with E-state index in [1.54, 1.807) is 0 Å². The van der Waals surface area contributed by atoms with Crippen molar-refractivity contribution < 1.29 is 9.32 Å². The molecule has 6 heteroatoms. The number of aryl methyl sites for hydroxylation is 2. The first-order valence-corrected chi connectivity index (χ1v) is 7.95. The van der Waals surface area contributed by atoms with Gasteiger partial charge in [-0.15, -0.1) is 12.4 Å². The molecule has 1 amide bonds. The second kappa shape index (κ2) is 6.59. The molecule has 1 aromatic rings. The Balaban J connectivity index is 0.00000176. The van der Waals surface area contributed by atoms with Crippen LogP contribution >= 0.6 is 12.4 Å². The third-order valence-corrected chi connectivity index (χ3v) is 5.19. The normalized spacial score (nSPS) is 23.7. The van der Waals surface area contributed by atoms with Crippen LogP contribution in [0.25, 0.3) is 0 Å². The predicted octanol–water partition coefficient (Wildman–Crippen LogP) is 2.15. The van der Waals surface area contributed by atoms with Crippen LogP contribution in [0.3, 0.4) is 0 Å². The molecule has 1 saturated heterocycles. The predicted molar refractivity (Wildman–Crippen MR) is 87.2 cm³/mol. The van der Waals surface area contributed by atoms with E-state index in [0.717, 1.165) is 55.8 Å². The van der Waals surface area contributed by atoms with Crippen LogP contribution in [-0.4, -0.2) is 30.2 Å². The Labute approximate surface area is 138 Å². The van der Waals surface area contributed by atoms with Crippen LogP contribution in [-0.2, 0) is 11.2 Å². The van der Waals surface area contributed by atoms with E-state index in [-0.39, 0.29) is 30.3 Å². The van der Waals surface area contributed by atoms with E-state index in [0.29, 0.717) is 5.41 Å². The summed E-state index contributed by atoms with van der Waals surface area (Å²) in [6, 6.07) is 0.119. The maximum atomic E-state index is 12.4. The van der Waals surface area contributed by atoms with Crippen LogP contribution < -0.4 is 10.6 Å². The molecule has 1 aliphatic carbocycles. The van der Waals surface area contributed by atoms with Crippen molar-refractivity contribution >= 4 is 18.3 Å². The summed E-state index contributed by atoms with van der Waals surface area (Å²) in [6.45, 7) is 8.04. The summed E-state index contributed by atoms with van der Waals surface area (Å²) < 4.78 is 5.18. The Kier molecular flexibility index (Phi) is 5.17. The fraction of sp³-hybridized carbons (Fsp3) is 0.750. The van der Waals surface area contributed by atoms with Gasteiger partial charge >= 0.3 is 0 Å². The quantitative estimate of drug-likeness (QED) is 0.889. The van der Waals surface area contributed by atoms with E-state index in [2.05, 4.69) is 22.7 Å². The van der Waals surface area contributed by atoms with Gasteiger partial charge < -0.3 is 15.2 Å². The topological polar surface area (TPSA) is 67.2 Å². The van der Waals surface area contributed by atoms with Crippen molar-refractivity contribution in [3.8, 4) is 0 Å². The Hall–Kier alpha value is -1.07. The average Bonchev–Trinajstić information content (AvgIpc) is 3.06. The van der Waals surface area contributed by atoms with Crippen molar-refractivity contribution in [3.63, 3.8) is 0 Å². The van der Waals surface area contributed by atoms with Crippen molar-refractivity contribution in [2.45, 2.75) is 52.5 Å². The summed E-state index contributed by atoms with van der Waals surface area (Å²) >= 11 is 0. The molecular weight excluding hydrogens is 302 g/mol. The maximum absolute atomic E-state index is 12.4. The molecule has 0 radical (unpaired) electrons. The van der Waals surface area contributed by atoms with Crippen molar-refractivity contribution in [1.82, 2.24) is 15.8 Å². The largest absolute Gasteiger partial charge is 0.361 e. The minimum absolute atomic E-state index is 0. The molecule has 1 aromatic heterocycles. The van der Waals surface area contributed by atoms with Gasteiger partial charge in [-0.1, -0.05) is 5.16 Å². The minimum atomic E-state index is 0. The van der Waals surface area contributed by atoms with Crippen LogP contribution in [0.1, 0.15) is 43.2 Å². The SMILES string of the molecule is Cc1noc(C)c1CC(C)NC(=O)C1CC12CCNCC2.Cl. The fourth-order valence-electron chi connectivity index (χ4n) is 3.69. The summed E-state index contributed by atoms with van der Waals surface area (Å²) in [5.41, 5.74) is 2.35. The average molecular weight is 328 g/mol. The summed E-state index contributed by atoms with van der Waals surface area (Å²) in [7, 11) is 0. The molecule has 2 fully saturated rings. The Morgan fingerprint density at radius 1 is 1.45 bits per heavy atom. The van der Waals surface area contributed by atoms with Gasteiger partial charge in [0.2, 0.25) is 5.91 Å². The molecule has 2 atom stereocenters. The van der Waals surface area contributed by atoms with E-state index in [1.165, 1.54) is 0 Å². The van der Waals surface area contributed by atoms with Gasteiger partial charge in [-0.2, -0.15) is 0 Å². The lowest BCUT2D eigenvalue weighted by molar-refractivity contribution is -0.123. The highest BCUT2D eigenvalue weighted by atomic mass is 35.5. The van der Waals surface area contributed by atoms with Gasteiger partial charge in [-0.05, 0) is 65.0 Å². The highest BCUT2D eigenvalue weighted by Gasteiger charge is 2.57. The standard InChI is InChI=1S/C16H25N3O2.ClH/c1-10(8-13-11(2)19-21-12(13)3)18-15(20)14-9-16(14)4-6-17-7-5-16;/h10,14,17H,4-9H2,1-3H3,(H,18,20);1H. The molecule has 1 saturated carbocycles. The lowest BCUT2D eigenvalue weighted by Gasteiger charge is -2.23. The molecule has 1 aliphatic heterocycles. The number of hydrogen-bond acceptors (Lipinski definition) is 4. The molecule has 124 valence electrons. The van der Waals surface area contributed by atoms with E-state index in [9.17, 15) is 4.79 Å². The molecule has 0 aromatic carbocycles. The van der Waals surface area contributed by atoms with E-state index < -0.39 is 0 Å². The van der Waals surface area contributed by atoms with Gasteiger partial charge in [0.15, 0.2) is 0 Å². The summed E-state index contributed by atoms with van der Waals surface area (Å²) in [6.07, 6.45) is 4.14. The second-order valence-electron chi connectivity index (χ2n) is 6.79. The maximum Gasteiger partial charge on any atom is 0.223 e. The summed E-state index contributed by atoms with van der Waals surface area (Å²) in [5.74, 6) is 1.32. The van der Waals surface area contributed by atoms with Crippen molar-refractivity contribution in [3.05, 3.63) is 17.0 Å². The van der Waals surface area contributed by atoms with Crippen LogP contribution in [0.4, 0.5) is 0 Å². The van der Waals surface area contributed by atoms with Crippen LogP contribution in [0.15, 0.2) is 4.52 Å². The minimum Gasteiger partial charge on any atom is -0.361 e. The number of aromatic nitrogens is 1. The zero-order valence-electron chi connectivity index (χ0n) is 13.6. The number of amides is 1. The molecule has 2 N–H and O–H groups in total. The lowest BCUT2D eigenvalue weighted by atomic mass is 9.91. The fourth-order valence-corrected chi connectivity index (χ4v) is 3.69. The number of nitrogens with zero attached hydrogens (tertiary/aromatic N) is 1. The number of carbonyl (C=O) groups excluding carboxylic acids is 1. The molecule has 5 nitrogen and oxygen atoms in total. The third kappa shape index (κ3) is 3.30. The highest BCUT2D eigenvalue weighted by molar-refractivity contribution is 5.85. The van der Waals surface area contributed by atoms with Gasteiger partial charge in [0, 0.05) is 17.5 Å². The number of carbonyl (C=O) groups is 1. The second-order valence-corrected chi connectivity index (χ2v) is 6.79. The number of hydrogen-bond donors (Lipinski definition) is 2. The first kappa shape index (κ1) is 17.3. The molecule has 2 aliphatic rings. The molecule has 22 heavy (non-hydrogen) atoms. The Bertz CT molecular complexity index is 518. The van der Waals surface area contributed by atoms with Gasteiger partial charge in [0.05, 0.1) is 5.69 Å². The zero-order valence-corrected chi connectivity index (χ0v) is 14.4.